The average molecular weight is 446 g/mol. The van der Waals surface area contributed by atoms with Crippen LogP contribution in [-0.2, 0) is 6.54 Å². The van der Waals surface area contributed by atoms with E-state index < -0.39 is 11.7 Å². The Kier molecular flexibility index (Phi) is 5.08. The molecule has 1 aliphatic rings. The molecule has 7 nitrogen and oxygen atoms in total. The van der Waals surface area contributed by atoms with E-state index in [1.807, 2.05) is 10.6 Å². The summed E-state index contributed by atoms with van der Waals surface area (Å²) >= 11 is 3.13. The van der Waals surface area contributed by atoms with Crippen molar-refractivity contribution in [3.63, 3.8) is 0 Å². The molecule has 0 saturated heterocycles. The number of rotatable bonds is 0. The lowest BCUT2D eigenvalue weighted by atomic mass is 10.1. The lowest BCUT2D eigenvalue weighted by Gasteiger charge is -2.17. The number of amides is 1. The summed E-state index contributed by atoms with van der Waals surface area (Å²) in [4.78, 5) is 17.3. The van der Waals surface area contributed by atoms with Gasteiger partial charge in [0.1, 0.15) is 29.4 Å². The van der Waals surface area contributed by atoms with Crippen LogP contribution < -0.4 is 10.1 Å². The first-order chi connectivity index (χ1) is 13.5. The number of aromatic nitrogens is 4. The second-order valence-electron chi connectivity index (χ2n) is 6.67. The van der Waals surface area contributed by atoms with Crippen LogP contribution in [0.2, 0.25) is 0 Å². The molecule has 0 saturated carbocycles. The van der Waals surface area contributed by atoms with E-state index in [2.05, 4.69) is 43.4 Å². The maximum atomic E-state index is 14.0. The van der Waals surface area contributed by atoms with Crippen molar-refractivity contribution in [3.05, 3.63) is 52.5 Å². The Morgan fingerprint density at radius 1 is 1.36 bits per heavy atom. The third-order valence-electron chi connectivity index (χ3n) is 4.48. The summed E-state index contributed by atoms with van der Waals surface area (Å²) in [5.74, 6) is 0.503. The molecule has 1 atom stereocenters. The fourth-order valence-corrected chi connectivity index (χ4v) is 3.37. The second kappa shape index (κ2) is 7.67. The van der Waals surface area contributed by atoms with Crippen LogP contribution in [0.3, 0.4) is 0 Å². The molecular formula is C19H17BrFN5O2. The van der Waals surface area contributed by atoms with Crippen LogP contribution in [0, 0.1) is 11.7 Å². The van der Waals surface area contributed by atoms with Gasteiger partial charge in [-0.15, -0.1) is 10.2 Å². The Balaban J connectivity index is 1.78. The van der Waals surface area contributed by atoms with E-state index in [1.54, 1.807) is 18.5 Å². The third-order valence-corrected chi connectivity index (χ3v) is 5.09. The zero-order chi connectivity index (χ0) is 19.7. The molecule has 1 amide bonds. The highest BCUT2D eigenvalue weighted by atomic mass is 79.9. The van der Waals surface area contributed by atoms with Crippen molar-refractivity contribution in [2.24, 2.45) is 5.92 Å². The van der Waals surface area contributed by atoms with Gasteiger partial charge in [-0.3, -0.25) is 4.79 Å². The van der Waals surface area contributed by atoms with Gasteiger partial charge in [0.05, 0.1) is 16.6 Å². The van der Waals surface area contributed by atoms with E-state index in [4.69, 9.17) is 4.74 Å². The van der Waals surface area contributed by atoms with Gasteiger partial charge >= 0.3 is 0 Å². The molecule has 0 unspecified atom stereocenters. The number of ether oxygens (including phenoxy) is 1. The summed E-state index contributed by atoms with van der Waals surface area (Å²) in [6, 6.07) is 7.91. The predicted molar refractivity (Wildman–Crippen MR) is 105 cm³/mol. The number of nitrogens with one attached hydrogen (secondary N) is 1. The molecule has 3 heterocycles. The lowest BCUT2D eigenvalue weighted by Crippen LogP contribution is -2.17. The molecule has 28 heavy (non-hydrogen) atoms. The number of fused-ring (bicyclic) bond motifs is 5. The van der Waals surface area contributed by atoms with Crippen molar-refractivity contribution >= 4 is 27.7 Å². The zero-order valence-electron chi connectivity index (χ0n) is 15.0. The largest absolute Gasteiger partial charge is 0.493 e. The zero-order valence-corrected chi connectivity index (χ0v) is 16.6. The Morgan fingerprint density at radius 2 is 2.21 bits per heavy atom. The molecule has 1 N–H and O–H groups in total. The molecule has 2 aromatic heterocycles. The first-order valence-electron chi connectivity index (χ1n) is 8.79. The van der Waals surface area contributed by atoms with Crippen LogP contribution in [0.15, 0.2) is 41.1 Å². The Hall–Kier alpha value is -2.81. The van der Waals surface area contributed by atoms with Crippen LogP contribution in [0.5, 0.6) is 5.75 Å². The van der Waals surface area contributed by atoms with Crippen LogP contribution in [-0.4, -0.2) is 32.3 Å². The number of carbonyl (C=O) groups excluding carboxylic acids is 1. The summed E-state index contributed by atoms with van der Waals surface area (Å²) in [5.41, 5.74) is 0.838. The maximum Gasteiger partial charge on any atom is 0.260 e. The SMILES string of the molecule is C[C@@H]1CCOc2cc(F)c(Br)cc2C(=O)Nc2cccc(n2)-c2nncn2C1. The Morgan fingerprint density at radius 3 is 3.07 bits per heavy atom. The van der Waals surface area contributed by atoms with Gasteiger partial charge in [-0.1, -0.05) is 13.0 Å². The number of carbonyl (C=O) groups is 1. The van der Waals surface area contributed by atoms with Gasteiger partial charge in [0.15, 0.2) is 5.82 Å². The molecule has 9 heteroatoms. The topological polar surface area (TPSA) is 81.9 Å². The first kappa shape index (κ1) is 18.5. The number of anilines is 1. The van der Waals surface area contributed by atoms with Crippen LogP contribution in [0.25, 0.3) is 11.5 Å². The molecule has 0 radical (unpaired) electrons. The summed E-state index contributed by atoms with van der Waals surface area (Å²) in [5, 5.41) is 10.9. The van der Waals surface area contributed by atoms with Gasteiger partial charge in [0.2, 0.25) is 0 Å². The van der Waals surface area contributed by atoms with Crippen molar-refractivity contribution in [1.82, 2.24) is 19.7 Å². The summed E-state index contributed by atoms with van der Waals surface area (Å²) < 4.78 is 21.9. The number of pyridine rings is 1. The fourth-order valence-electron chi connectivity index (χ4n) is 3.02. The molecule has 1 aliphatic heterocycles. The number of halogens is 2. The van der Waals surface area contributed by atoms with Crippen molar-refractivity contribution in [2.45, 2.75) is 19.9 Å². The highest BCUT2D eigenvalue weighted by molar-refractivity contribution is 9.10. The Labute approximate surface area is 169 Å². The quantitative estimate of drug-likeness (QED) is 0.567. The summed E-state index contributed by atoms with van der Waals surface area (Å²) in [6.45, 7) is 3.12. The molecule has 2 bridgehead atoms. The minimum Gasteiger partial charge on any atom is -0.493 e. The maximum absolute atomic E-state index is 14.0. The van der Waals surface area contributed by atoms with Crippen LogP contribution >= 0.6 is 15.9 Å². The van der Waals surface area contributed by atoms with Crippen LogP contribution in [0.1, 0.15) is 23.7 Å². The fraction of sp³-hybridized carbons (Fsp3) is 0.263. The third kappa shape index (κ3) is 3.75. The van der Waals surface area contributed by atoms with E-state index in [0.717, 1.165) is 0 Å². The van der Waals surface area contributed by atoms with E-state index >= 15 is 0 Å². The van der Waals surface area contributed by atoms with E-state index in [1.165, 1.54) is 12.1 Å². The van der Waals surface area contributed by atoms with Gasteiger partial charge in [-0.25, -0.2) is 9.37 Å². The van der Waals surface area contributed by atoms with Crippen molar-refractivity contribution in [1.29, 1.82) is 0 Å². The van der Waals surface area contributed by atoms with Gasteiger partial charge < -0.3 is 14.6 Å². The molecule has 1 aromatic carbocycles. The van der Waals surface area contributed by atoms with Gasteiger partial charge in [0, 0.05) is 12.6 Å². The van der Waals surface area contributed by atoms with E-state index in [0.29, 0.717) is 36.9 Å². The number of hydrogen-bond donors (Lipinski definition) is 1. The smallest absolute Gasteiger partial charge is 0.260 e. The minimum absolute atomic E-state index is 0.189. The van der Waals surface area contributed by atoms with E-state index in [9.17, 15) is 9.18 Å². The van der Waals surface area contributed by atoms with Crippen molar-refractivity contribution in [3.8, 4) is 17.3 Å². The molecule has 0 aliphatic carbocycles. The molecule has 3 aromatic rings. The second-order valence-corrected chi connectivity index (χ2v) is 7.53. The monoisotopic (exact) mass is 445 g/mol. The van der Waals surface area contributed by atoms with Gasteiger partial charge in [-0.2, -0.15) is 0 Å². The van der Waals surface area contributed by atoms with Gasteiger partial charge in [0.25, 0.3) is 5.91 Å². The average Bonchev–Trinajstić information content (AvgIpc) is 3.12. The van der Waals surface area contributed by atoms with Gasteiger partial charge in [-0.05, 0) is 46.5 Å². The van der Waals surface area contributed by atoms with Crippen molar-refractivity contribution in [2.75, 3.05) is 11.9 Å². The number of nitrogens with zero attached hydrogens (tertiary/aromatic N) is 4. The molecule has 144 valence electrons. The molecule has 0 fully saturated rings. The van der Waals surface area contributed by atoms with E-state index in [-0.39, 0.29) is 21.7 Å². The summed E-state index contributed by atoms with van der Waals surface area (Å²) in [6.07, 6.45) is 2.37. The normalized spacial score (nSPS) is 17.0. The standard InChI is InChI=1S/C19H17BrFN5O2/c1-11-5-6-28-16-8-14(21)13(20)7-12(16)19(27)24-17-4-2-3-15(23-17)18-25-22-10-26(18)9-11/h2-4,7-8,10-11H,5-6,9H2,1H3,(H,23,24,27)/t11-/m1/s1. The number of hydrogen-bond acceptors (Lipinski definition) is 5. The van der Waals surface area contributed by atoms with Crippen LogP contribution in [0.4, 0.5) is 10.2 Å². The number of benzene rings is 1. The summed E-state index contributed by atoms with van der Waals surface area (Å²) in [7, 11) is 0. The lowest BCUT2D eigenvalue weighted by molar-refractivity contribution is 0.102. The predicted octanol–water partition coefficient (Wildman–Crippen LogP) is 3.91. The Bertz CT molecular complexity index is 1040. The molecular weight excluding hydrogens is 429 g/mol. The molecule has 0 spiro atoms. The highest BCUT2D eigenvalue weighted by Crippen LogP contribution is 2.28. The van der Waals surface area contributed by atoms with Crippen molar-refractivity contribution < 1.29 is 13.9 Å². The minimum atomic E-state index is -0.491. The first-order valence-corrected chi connectivity index (χ1v) is 9.59. The highest BCUT2D eigenvalue weighted by Gasteiger charge is 2.19. The molecule has 4 rings (SSSR count).